The molecule has 2 aliphatic rings. The van der Waals surface area contributed by atoms with E-state index in [1.54, 1.807) is 0 Å². The van der Waals surface area contributed by atoms with Gasteiger partial charge < -0.3 is 0 Å². The molecule has 0 saturated carbocycles. The summed E-state index contributed by atoms with van der Waals surface area (Å²) in [6.45, 7) is 0. The zero-order chi connectivity index (χ0) is 26.2. The maximum atomic E-state index is 5.38. The van der Waals surface area contributed by atoms with Gasteiger partial charge in [-0.25, -0.2) is 9.97 Å². The fourth-order valence-corrected chi connectivity index (χ4v) is 8.15. The maximum Gasteiger partial charge on any atom is 0.235 e. The third kappa shape index (κ3) is 3.05. The highest BCUT2D eigenvalue weighted by atomic mass is 32.1. The van der Waals surface area contributed by atoms with E-state index in [9.17, 15) is 0 Å². The standard InChI is InChI=1S/C36H25N3S/c1-2-12-22(13-3-1)33-25-16-6-9-19-28(25)37-36(38-33)39-29-20-10-7-17-26(29)31-23-14-4-5-15-24(23)32-27-18-8-11-21-30(27)40-35(32)34(31)39/h1-5,7-10,12-15,17-20H,6,11,16,21H2. The van der Waals surface area contributed by atoms with E-state index >= 15 is 0 Å². The van der Waals surface area contributed by atoms with Crippen LogP contribution in [0.4, 0.5) is 0 Å². The van der Waals surface area contributed by atoms with Gasteiger partial charge in [-0.15, -0.1) is 11.3 Å². The van der Waals surface area contributed by atoms with Crippen LogP contribution in [0.3, 0.4) is 0 Å². The van der Waals surface area contributed by atoms with Crippen LogP contribution < -0.4 is 0 Å². The topological polar surface area (TPSA) is 30.7 Å². The first-order valence-corrected chi connectivity index (χ1v) is 14.9. The highest BCUT2D eigenvalue weighted by Crippen LogP contribution is 2.48. The molecule has 9 rings (SSSR count). The second-order valence-electron chi connectivity index (χ2n) is 10.7. The van der Waals surface area contributed by atoms with Gasteiger partial charge in [0.05, 0.1) is 27.1 Å². The third-order valence-electron chi connectivity index (χ3n) is 8.51. The van der Waals surface area contributed by atoms with Gasteiger partial charge in [0.2, 0.25) is 5.95 Å². The van der Waals surface area contributed by atoms with Crippen LogP contribution >= 0.6 is 11.3 Å². The monoisotopic (exact) mass is 531 g/mol. The van der Waals surface area contributed by atoms with Gasteiger partial charge in [0.15, 0.2) is 0 Å². The summed E-state index contributed by atoms with van der Waals surface area (Å²) in [6.07, 6.45) is 13.3. The molecule has 0 bridgehead atoms. The van der Waals surface area contributed by atoms with E-state index in [1.807, 2.05) is 11.3 Å². The second kappa shape index (κ2) is 8.48. The molecule has 3 heterocycles. The average molecular weight is 532 g/mol. The molecule has 3 nitrogen and oxygen atoms in total. The Hall–Kier alpha value is -4.54. The summed E-state index contributed by atoms with van der Waals surface area (Å²) in [7, 11) is 0. The van der Waals surface area contributed by atoms with E-state index in [1.165, 1.54) is 53.2 Å². The van der Waals surface area contributed by atoms with Crippen LogP contribution in [0.25, 0.3) is 72.0 Å². The molecule has 4 aromatic carbocycles. The molecule has 4 heteroatoms. The molecule has 0 N–H and O–H groups in total. The Kier molecular flexibility index (Phi) is 4.73. The Morgan fingerprint density at radius 1 is 0.675 bits per heavy atom. The molecule has 7 aromatic rings. The minimum Gasteiger partial charge on any atom is -0.276 e. The number of rotatable bonds is 2. The molecule has 0 saturated heterocycles. The number of nitrogens with zero attached hydrogens (tertiary/aromatic N) is 3. The molecule has 0 spiro atoms. The van der Waals surface area contributed by atoms with Crippen molar-refractivity contribution in [2.75, 3.05) is 0 Å². The lowest BCUT2D eigenvalue weighted by molar-refractivity contribution is 0.910. The van der Waals surface area contributed by atoms with Gasteiger partial charge in [0.1, 0.15) is 0 Å². The van der Waals surface area contributed by atoms with Crippen LogP contribution in [-0.2, 0) is 12.8 Å². The number of fused-ring (bicyclic) bond motifs is 11. The number of allylic oxidation sites excluding steroid dienone is 2. The maximum absolute atomic E-state index is 5.38. The number of aryl methyl sites for hydroxylation is 1. The summed E-state index contributed by atoms with van der Waals surface area (Å²) in [4.78, 5) is 12.1. The number of benzene rings is 4. The number of hydrogen-bond donors (Lipinski definition) is 0. The van der Waals surface area contributed by atoms with Crippen LogP contribution in [0, 0.1) is 0 Å². The van der Waals surface area contributed by atoms with Crippen molar-refractivity contribution in [2.45, 2.75) is 25.7 Å². The van der Waals surface area contributed by atoms with Crippen molar-refractivity contribution >= 4 is 66.2 Å². The fraction of sp³-hybridized carbons (Fsp3) is 0.111. The summed E-state index contributed by atoms with van der Waals surface area (Å²) in [5.41, 5.74) is 8.22. The van der Waals surface area contributed by atoms with E-state index in [0.717, 1.165) is 54.1 Å². The lowest BCUT2D eigenvalue weighted by Crippen LogP contribution is -2.09. The van der Waals surface area contributed by atoms with Crippen molar-refractivity contribution in [1.82, 2.24) is 14.5 Å². The predicted molar refractivity (Wildman–Crippen MR) is 169 cm³/mol. The van der Waals surface area contributed by atoms with E-state index in [2.05, 4.69) is 108 Å². The SMILES string of the molecule is C1=Cc2c(sc3c2c2ccccc2c2c4ccccc4n(-c4nc5c(c(-c6ccccc6)n4)CCC=C5)c32)CC1. The van der Waals surface area contributed by atoms with Crippen molar-refractivity contribution in [1.29, 1.82) is 0 Å². The molecule has 0 aliphatic heterocycles. The zero-order valence-electron chi connectivity index (χ0n) is 21.9. The third-order valence-corrected chi connectivity index (χ3v) is 9.78. The van der Waals surface area contributed by atoms with Crippen molar-refractivity contribution in [3.8, 4) is 17.2 Å². The normalized spacial score (nSPS) is 14.4. The molecule has 190 valence electrons. The van der Waals surface area contributed by atoms with Crippen LogP contribution in [0.5, 0.6) is 0 Å². The van der Waals surface area contributed by atoms with Crippen LogP contribution in [0.2, 0.25) is 0 Å². The molecule has 0 fully saturated rings. The number of thiophene rings is 1. The molecule has 2 aliphatic carbocycles. The van der Waals surface area contributed by atoms with Crippen molar-refractivity contribution in [3.05, 3.63) is 113 Å². The first-order valence-electron chi connectivity index (χ1n) is 14.1. The summed E-state index contributed by atoms with van der Waals surface area (Å²) in [5.74, 6) is 0.744. The predicted octanol–water partition coefficient (Wildman–Crippen LogP) is 9.53. The number of hydrogen-bond acceptors (Lipinski definition) is 3. The van der Waals surface area contributed by atoms with Gasteiger partial charge in [0.25, 0.3) is 0 Å². The molecule has 0 radical (unpaired) electrons. The van der Waals surface area contributed by atoms with Gasteiger partial charge in [0, 0.05) is 32.2 Å². The highest BCUT2D eigenvalue weighted by Gasteiger charge is 2.26. The zero-order valence-corrected chi connectivity index (χ0v) is 22.7. The van der Waals surface area contributed by atoms with Crippen molar-refractivity contribution in [2.24, 2.45) is 0 Å². The Morgan fingerprint density at radius 3 is 2.27 bits per heavy atom. The lowest BCUT2D eigenvalue weighted by Gasteiger charge is -2.17. The van der Waals surface area contributed by atoms with Gasteiger partial charge in [-0.3, -0.25) is 4.57 Å². The lowest BCUT2D eigenvalue weighted by atomic mass is 9.95. The van der Waals surface area contributed by atoms with Crippen molar-refractivity contribution in [3.63, 3.8) is 0 Å². The molecular weight excluding hydrogens is 506 g/mol. The largest absolute Gasteiger partial charge is 0.276 e. The van der Waals surface area contributed by atoms with Crippen LogP contribution in [0.1, 0.15) is 34.5 Å². The summed E-state index contributed by atoms with van der Waals surface area (Å²) >= 11 is 1.96. The smallest absolute Gasteiger partial charge is 0.235 e. The summed E-state index contributed by atoms with van der Waals surface area (Å²) < 4.78 is 3.68. The fourth-order valence-electron chi connectivity index (χ4n) is 6.79. The second-order valence-corrected chi connectivity index (χ2v) is 11.9. The Bertz CT molecular complexity index is 2210. The first-order chi connectivity index (χ1) is 19.9. The number of para-hydroxylation sites is 1. The number of aromatic nitrogens is 3. The van der Waals surface area contributed by atoms with E-state index in [-0.39, 0.29) is 0 Å². The van der Waals surface area contributed by atoms with E-state index in [0.29, 0.717) is 0 Å². The van der Waals surface area contributed by atoms with E-state index < -0.39 is 0 Å². The van der Waals surface area contributed by atoms with Gasteiger partial charge in [-0.1, -0.05) is 91.0 Å². The minimum atomic E-state index is 0.744. The Balaban J connectivity index is 1.50. The average Bonchev–Trinajstić information content (AvgIpc) is 3.58. The molecule has 0 atom stereocenters. The Labute approximate surface area is 235 Å². The van der Waals surface area contributed by atoms with Crippen LogP contribution in [-0.4, -0.2) is 14.5 Å². The highest BCUT2D eigenvalue weighted by molar-refractivity contribution is 7.20. The van der Waals surface area contributed by atoms with Crippen molar-refractivity contribution < 1.29 is 0 Å². The molecular formula is C36H25N3S. The van der Waals surface area contributed by atoms with Gasteiger partial charge >= 0.3 is 0 Å². The quantitative estimate of drug-likeness (QED) is 0.222. The van der Waals surface area contributed by atoms with Gasteiger partial charge in [-0.05, 0) is 54.2 Å². The molecule has 40 heavy (non-hydrogen) atoms. The molecule has 3 aromatic heterocycles. The molecule has 0 unspecified atom stereocenters. The van der Waals surface area contributed by atoms with E-state index in [4.69, 9.17) is 9.97 Å². The summed E-state index contributed by atoms with van der Waals surface area (Å²) in [5, 5.41) is 6.52. The van der Waals surface area contributed by atoms with Gasteiger partial charge in [-0.2, -0.15) is 0 Å². The van der Waals surface area contributed by atoms with Crippen LogP contribution in [0.15, 0.2) is 91.0 Å². The first kappa shape index (κ1) is 22.3. The Morgan fingerprint density at radius 2 is 1.40 bits per heavy atom. The summed E-state index contributed by atoms with van der Waals surface area (Å²) in [6, 6.07) is 28.3. The minimum absolute atomic E-state index is 0.744. The molecule has 0 amide bonds.